The third-order valence-corrected chi connectivity index (χ3v) is 4.62. The highest BCUT2D eigenvalue weighted by atomic mass is 35.5. The Hall–Kier alpha value is -1.92. The van der Waals surface area contributed by atoms with Crippen LogP contribution in [0, 0.1) is 6.92 Å². The van der Waals surface area contributed by atoms with Gasteiger partial charge in [-0.2, -0.15) is 0 Å². The second kappa shape index (κ2) is 7.37. The summed E-state index contributed by atoms with van der Waals surface area (Å²) in [5.41, 5.74) is 0.954. The minimum absolute atomic E-state index is 0.0528. The molecule has 0 saturated carbocycles. The van der Waals surface area contributed by atoms with Crippen molar-refractivity contribution < 1.29 is 5.11 Å². The maximum absolute atomic E-state index is 12.8. The van der Waals surface area contributed by atoms with Crippen LogP contribution in [0.5, 0.6) is 5.75 Å². The largest absolute Gasteiger partial charge is 0.506 e. The Balaban J connectivity index is 2.09. The summed E-state index contributed by atoms with van der Waals surface area (Å²) in [6.45, 7) is 1.70. The van der Waals surface area contributed by atoms with Gasteiger partial charge in [0.2, 0.25) is 0 Å². The second-order valence-electron chi connectivity index (χ2n) is 5.40. The zero-order chi connectivity index (χ0) is 19.0. The molecule has 1 heterocycles. The van der Waals surface area contributed by atoms with E-state index in [-0.39, 0.29) is 32.7 Å². The number of aliphatic imine (C=N–C) groups is 1. The number of hydrogen-bond donors (Lipinski definition) is 2. The van der Waals surface area contributed by atoms with Gasteiger partial charge in [0.25, 0.3) is 5.56 Å². The first kappa shape index (κ1) is 18.9. The van der Waals surface area contributed by atoms with Crippen LogP contribution in [0.4, 0.5) is 5.69 Å². The van der Waals surface area contributed by atoms with E-state index in [9.17, 15) is 9.90 Å². The average Bonchev–Trinajstić information content (AvgIpc) is 2.82. The molecular weight excluding hydrogens is 420 g/mol. The maximum Gasteiger partial charge on any atom is 0.280 e. The summed E-state index contributed by atoms with van der Waals surface area (Å²) >= 11 is 24.2. The van der Waals surface area contributed by atoms with Crippen LogP contribution >= 0.6 is 46.4 Å². The van der Waals surface area contributed by atoms with Crippen molar-refractivity contribution in [2.45, 2.75) is 6.92 Å². The Morgan fingerprint density at radius 1 is 1.08 bits per heavy atom. The number of aromatic amines is 1. The topological polar surface area (TPSA) is 70.4 Å². The Bertz CT molecular complexity index is 1060. The van der Waals surface area contributed by atoms with Gasteiger partial charge in [-0.1, -0.05) is 46.4 Å². The second-order valence-corrected chi connectivity index (χ2v) is 7.09. The van der Waals surface area contributed by atoms with Crippen molar-refractivity contribution in [3.63, 3.8) is 0 Å². The molecule has 0 aliphatic carbocycles. The van der Waals surface area contributed by atoms with Crippen molar-refractivity contribution >= 4 is 58.3 Å². The molecule has 0 atom stereocenters. The van der Waals surface area contributed by atoms with Crippen LogP contribution in [0.25, 0.3) is 5.69 Å². The average molecular weight is 431 g/mol. The summed E-state index contributed by atoms with van der Waals surface area (Å²) in [6.07, 6.45) is 1.34. The molecule has 3 rings (SSSR count). The number of H-pyrrole nitrogens is 1. The Labute approximate surface area is 168 Å². The normalized spacial score (nSPS) is 11.4. The standard InChI is InChI=1S/C17H11Cl4N3O2/c1-8-11(7-22-14-6-9(18)2-3-15(14)25)17(26)24(23-8)16-12(20)4-10(19)5-13(16)21/h2-7,23,25H,1H3. The smallest absolute Gasteiger partial charge is 0.280 e. The number of phenols is 1. The molecule has 0 radical (unpaired) electrons. The van der Waals surface area contributed by atoms with Gasteiger partial charge in [0.1, 0.15) is 17.1 Å². The molecule has 1 aromatic heterocycles. The maximum atomic E-state index is 12.8. The van der Waals surface area contributed by atoms with Gasteiger partial charge in [-0.05, 0) is 37.3 Å². The van der Waals surface area contributed by atoms with Crippen molar-refractivity contribution in [2.75, 3.05) is 0 Å². The van der Waals surface area contributed by atoms with E-state index < -0.39 is 5.56 Å². The lowest BCUT2D eigenvalue weighted by Crippen LogP contribution is -2.18. The molecule has 0 aliphatic heterocycles. The lowest BCUT2D eigenvalue weighted by molar-refractivity contribution is 0.477. The number of aryl methyl sites for hydroxylation is 1. The molecule has 0 spiro atoms. The lowest BCUT2D eigenvalue weighted by atomic mass is 10.2. The fourth-order valence-electron chi connectivity index (χ4n) is 2.35. The number of hydrogen-bond acceptors (Lipinski definition) is 3. The van der Waals surface area contributed by atoms with Gasteiger partial charge >= 0.3 is 0 Å². The molecule has 0 amide bonds. The van der Waals surface area contributed by atoms with E-state index >= 15 is 0 Å². The van der Waals surface area contributed by atoms with Crippen molar-refractivity contribution in [2.24, 2.45) is 4.99 Å². The molecule has 5 nitrogen and oxygen atoms in total. The fourth-order valence-corrected chi connectivity index (χ4v) is 3.50. The van der Waals surface area contributed by atoms with Crippen LogP contribution in [-0.2, 0) is 0 Å². The van der Waals surface area contributed by atoms with Gasteiger partial charge in [-0.3, -0.25) is 14.9 Å². The highest BCUT2D eigenvalue weighted by Crippen LogP contribution is 2.32. The highest BCUT2D eigenvalue weighted by Gasteiger charge is 2.17. The van der Waals surface area contributed by atoms with E-state index in [1.165, 1.54) is 41.2 Å². The third kappa shape index (κ3) is 3.62. The lowest BCUT2D eigenvalue weighted by Gasteiger charge is -2.07. The third-order valence-electron chi connectivity index (χ3n) is 3.59. The van der Waals surface area contributed by atoms with E-state index in [0.29, 0.717) is 15.7 Å². The molecule has 2 aromatic carbocycles. The van der Waals surface area contributed by atoms with Crippen LogP contribution in [-0.4, -0.2) is 21.1 Å². The number of halogens is 4. The van der Waals surface area contributed by atoms with Gasteiger partial charge in [0.05, 0.1) is 15.6 Å². The molecule has 0 aliphatic rings. The quantitative estimate of drug-likeness (QED) is 0.535. The van der Waals surface area contributed by atoms with Crippen molar-refractivity contribution in [1.29, 1.82) is 0 Å². The van der Waals surface area contributed by atoms with Crippen LogP contribution in [0.1, 0.15) is 11.3 Å². The van der Waals surface area contributed by atoms with E-state index in [0.717, 1.165) is 0 Å². The predicted molar refractivity (Wildman–Crippen MR) is 107 cm³/mol. The number of rotatable bonds is 3. The molecular formula is C17H11Cl4N3O2. The molecule has 0 bridgehead atoms. The van der Waals surface area contributed by atoms with E-state index in [1.54, 1.807) is 6.92 Å². The first-order valence-electron chi connectivity index (χ1n) is 7.27. The number of aromatic nitrogens is 2. The summed E-state index contributed by atoms with van der Waals surface area (Å²) in [5, 5.41) is 13.9. The Morgan fingerprint density at radius 2 is 1.73 bits per heavy atom. The van der Waals surface area contributed by atoms with E-state index in [1.807, 2.05) is 0 Å². The molecule has 0 unspecified atom stereocenters. The van der Waals surface area contributed by atoms with Crippen LogP contribution in [0.15, 0.2) is 40.1 Å². The summed E-state index contributed by atoms with van der Waals surface area (Å²) in [7, 11) is 0. The molecule has 2 N–H and O–H groups in total. The van der Waals surface area contributed by atoms with Crippen LogP contribution in [0.2, 0.25) is 20.1 Å². The first-order valence-corrected chi connectivity index (χ1v) is 8.78. The molecule has 0 saturated heterocycles. The molecule has 0 fully saturated rings. The predicted octanol–water partition coefficient (Wildman–Crippen LogP) is 5.54. The van der Waals surface area contributed by atoms with E-state index in [4.69, 9.17) is 46.4 Å². The summed E-state index contributed by atoms with van der Waals surface area (Å²) in [4.78, 5) is 16.9. The number of benzene rings is 2. The van der Waals surface area contributed by atoms with Crippen molar-refractivity contribution in [3.8, 4) is 11.4 Å². The van der Waals surface area contributed by atoms with E-state index in [2.05, 4.69) is 10.1 Å². The van der Waals surface area contributed by atoms with Crippen molar-refractivity contribution in [1.82, 2.24) is 9.78 Å². The number of nitrogens with one attached hydrogen (secondary N) is 1. The van der Waals surface area contributed by atoms with Gasteiger partial charge < -0.3 is 5.11 Å². The first-order chi connectivity index (χ1) is 12.3. The van der Waals surface area contributed by atoms with Gasteiger partial charge in [-0.15, -0.1) is 0 Å². The zero-order valence-corrected chi connectivity index (χ0v) is 16.2. The molecule has 134 valence electrons. The number of aromatic hydroxyl groups is 1. The monoisotopic (exact) mass is 429 g/mol. The van der Waals surface area contributed by atoms with Crippen LogP contribution in [0.3, 0.4) is 0 Å². The van der Waals surface area contributed by atoms with Gasteiger partial charge in [0, 0.05) is 22.0 Å². The summed E-state index contributed by atoms with van der Waals surface area (Å²) in [6, 6.07) is 7.43. The van der Waals surface area contributed by atoms with Crippen molar-refractivity contribution in [3.05, 3.63) is 72.0 Å². The van der Waals surface area contributed by atoms with Gasteiger partial charge in [0.15, 0.2) is 0 Å². The van der Waals surface area contributed by atoms with Crippen LogP contribution < -0.4 is 5.56 Å². The fraction of sp³-hybridized carbons (Fsp3) is 0.0588. The summed E-state index contributed by atoms with van der Waals surface area (Å²) < 4.78 is 1.22. The number of nitrogens with zero attached hydrogens (tertiary/aromatic N) is 2. The molecule has 26 heavy (non-hydrogen) atoms. The van der Waals surface area contributed by atoms with Gasteiger partial charge in [-0.25, -0.2) is 4.68 Å². The zero-order valence-electron chi connectivity index (χ0n) is 13.2. The molecule has 3 aromatic rings. The minimum atomic E-state index is -0.404. The summed E-state index contributed by atoms with van der Waals surface area (Å²) in [5.74, 6) is -0.0528. The highest BCUT2D eigenvalue weighted by molar-refractivity contribution is 6.40. The SMILES string of the molecule is Cc1[nH]n(-c2c(Cl)cc(Cl)cc2Cl)c(=O)c1C=Nc1cc(Cl)ccc1O. The number of phenolic OH excluding ortho intramolecular Hbond substituents is 1. The molecule has 9 heteroatoms. The minimum Gasteiger partial charge on any atom is -0.506 e. The Kier molecular flexibility index (Phi) is 5.34. The Morgan fingerprint density at radius 3 is 2.38 bits per heavy atom.